The highest BCUT2D eigenvalue weighted by Crippen LogP contribution is 2.58. The van der Waals surface area contributed by atoms with Gasteiger partial charge in [0, 0.05) is 0 Å². The van der Waals surface area contributed by atoms with Crippen molar-refractivity contribution < 1.29 is 45.5 Å². The van der Waals surface area contributed by atoms with Crippen LogP contribution in [0, 0.1) is 0 Å². The van der Waals surface area contributed by atoms with Gasteiger partial charge in [0.1, 0.15) is 48.1 Å². The van der Waals surface area contributed by atoms with Gasteiger partial charge in [0.15, 0.2) is 47.7 Å². The van der Waals surface area contributed by atoms with Gasteiger partial charge < -0.3 is 30.0 Å². The Balaban J connectivity index is 1.20. The van der Waals surface area contributed by atoms with E-state index in [2.05, 4.69) is 42.2 Å². The minimum Gasteiger partial charge on any atom is -0.382 e. The van der Waals surface area contributed by atoms with Crippen LogP contribution in [0.2, 0.25) is 0 Å². The maximum absolute atomic E-state index is 16.0. The average molecular weight is 674 g/mol. The molecule has 4 aromatic heterocycles. The highest BCUT2D eigenvalue weighted by molar-refractivity contribution is 8.44. The van der Waals surface area contributed by atoms with E-state index in [0.717, 1.165) is 7.57 Å². The lowest BCUT2D eigenvalue weighted by Crippen LogP contribution is -2.34. The normalized spacial score (nSPS) is 38.2. The number of nitrogen functional groups attached to an aromatic ring is 2. The number of nitrogens with zero attached hydrogens (tertiary/aromatic N) is 8. The number of hydrogen-bond acceptors (Lipinski definition) is 16. The molecule has 0 spiro atoms. The first-order chi connectivity index (χ1) is 20.9. The van der Waals surface area contributed by atoms with E-state index in [1.54, 1.807) is 0 Å². The number of anilines is 2. The molecule has 0 saturated carbocycles. The van der Waals surface area contributed by atoms with Crippen molar-refractivity contribution in [2.24, 2.45) is 0 Å². The van der Waals surface area contributed by atoms with Gasteiger partial charge in [-0.15, -0.1) is 0 Å². The zero-order valence-electron chi connectivity index (χ0n) is 22.4. The van der Waals surface area contributed by atoms with E-state index in [1.807, 2.05) is 0 Å². The largest absolute Gasteiger partial charge is 0.386 e. The fourth-order valence-corrected chi connectivity index (χ4v) is 7.89. The monoisotopic (exact) mass is 674 g/mol. The smallest absolute Gasteiger partial charge is 0.382 e. The summed E-state index contributed by atoms with van der Waals surface area (Å²) in [5.74, 6) is 0.124. The zero-order chi connectivity index (χ0) is 31.0. The Bertz CT molecular complexity index is 1840. The second kappa shape index (κ2) is 10.9. The van der Waals surface area contributed by atoms with Crippen LogP contribution >= 0.6 is 26.5 Å². The average Bonchev–Trinajstić information content (AvgIpc) is 3.73. The SMILES string of the molecule is BP1(=O)OC[C@H]2O[C@@H](n3cnc4c(N)ncnc43)[C@H](F)[C@@H]2OP(=O)(S)OC[C@H]2O[C@@H](n3cnc4c(N)ncnc43)[C@H](O1)[C@H]2F. The number of imidazole rings is 2. The molecule has 4 N–H and O–H groups in total. The van der Waals surface area contributed by atoms with E-state index in [1.165, 1.54) is 34.4 Å². The fraction of sp³-hybridized carbons (Fsp3) is 0.500. The van der Waals surface area contributed by atoms with Gasteiger partial charge in [-0.05, 0) is 0 Å². The summed E-state index contributed by atoms with van der Waals surface area (Å²) in [6, 6.07) is 0. The van der Waals surface area contributed by atoms with Gasteiger partial charge in [-0.2, -0.15) is 0 Å². The van der Waals surface area contributed by atoms with Crippen molar-refractivity contribution in [3.05, 3.63) is 25.3 Å². The van der Waals surface area contributed by atoms with Crippen molar-refractivity contribution in [2.45, 2.75) is 49.2 Å². The Hall–Kier alpha value is -2.81. The topological polar surface area (TPSA) is 229 Å². The summed E-state index contributed by atoms with van der Waals surface area (Å²) in [5, 5.41) is 0. The van der Waals surface area contributed by atoms with Gasteiger partial charge in [-0.25, -0.2) is 43.2 Å². The number of alkyl halides is 2. The fourth-order valence-electron chi connectivity index (χ4n) is 5.27. The molecule has 3 fully saturated rings. The Morgan fingerprint density at radius 1 is 0.795 bits per heavy atom. The summed E-state index contributed by atoms with van der Waals surface area (Å²) in [5.41, 5.74) is 12.5. The standard InChI is InChI=1S/C20H23BF2N10O8P2S/c21-42(34)36-2-8-13(10(23)19(39-8)32-5-30-11-15(24)26-3-28-17(11)32)41-43(35,44)37-1-7-9(22)14(40-42)20(38-7)33-6-31-12-16(25)27-4-29-18(12)33/h3-10,13-14,19-20H,1-2,21H2,(H,35,44)(H2,24,26,28)(H2,25,27,29)/t7-,8-,9+,10-,13-,14-,19-,20-,42?,43?/m1/s1. The summed E-state index contributed by atoms with van der Waals surface area (Å²) in [6.45, 7) is -5.66. The number of hydrogen-bond donors (Lipinski definition) is 3. The van der Waals surface area contributed by atoms with E-state index in [4.69, 9.17) is 39.0 Å². The molecule has 234 valence electrons. The van der Waals surface area contributed by atoms with E-state index < -0.39 is 76.7 Å². The van der Waals surface area contributed by atoms with E-state index >= 15 is 8.78 Å². The van der Waals surface area contributed by atoms with Crippen LogP contribution in [-0.4, -0.2) is 96.6 Å². The molecule has 3 saturated heterocycles. The lowest BCUT2D eigenvalue weighted by atomic mass is 10.1. The molecule has 0 aliphatic carbocycles. The highest BCUT2D eigenvalue weighted by atomic mass is 32.7. The highest BCUT2D eigenvalue weighted by Gasteiger charge is 2.54. The van der Waals surface area contributed by atoms with E-state index in [9.17, 15) is 9.13 Å². The van der Waals surface area contributed by atoms with Gasteiger partial charge in [0.05, 0.1) is 25.9 Å². The predicted octanol–water partition coefficient (Wildman–Crippen LogP) is 0.898. The van der Waals surface area contributed by atoms with Crippen molar-refractivity contribution in [2.75, 3.05) is 24.7 Å². The van der Waals surface area contributed by atoms with Gasteiger partial charge in [0.25, 0.3) is 15.0 Å². The number of rotatable bonds is 2. The number of nitrogens with two attached hydrogens (primary N) is 2. The Kier molecular flexibility index (Phi) is 7.42. The van der Waals surface area contributed by atoms with Crippen LogP contribution in [0.5, 0.6) is 0 Å². The molecule has 0 amide bonds. The molecule has 2 unspecified atom stereocenters. The summed E-state index contributed by atoms with van der Waals surface area (Å²) < 4.78 is 95.1. The van der Waals surface area contributed by atoms with Crippen LogP contribution in [0.3, 0.4) is 0 Å². The molecule has 4 aromatic rings. The molecule has 3 aliphatic heterocycles. The molecule has 44 heavy (non-hydrogen) atoms. The molecular formula is C20H23BF2N10O8P2S. The summed E-state index contributed by atoms with van der Waals surface area (Å²) in [7, 11) is -3.02. The first-order valence-electron chi connectivity index (χ1n) is 12.9. The summed E-state index contributed by atoms with van der Waals surface area (Å²) in [6.07, 6.45) is -7.78. The molecule has 3 aliphatic rings. The third-order valence-corrected chi connectivity index (χ3v) is 10.2. The molecule has 7 rings (SSSR count). The number of aromatic nitrogens is 8. The maximum atomic E-state index is 16.0. The number of halogens is 2. The molecule has 0 aromatic carbocycles. The van der Waals surface area contributed by atoms with Crippen molar-refractivity contribution in [3.63, 3.8) is 0 Å². The van der Waals surface area contributed by atoms with Crippen LogP contribution in [0.1, 0.15) is 12.5 Å². The van der Waals surface area contributed by atoms with Crippen molar-refractivity contribution >= 4 is 68.0 Å². The molecule has 2 bridgehead atoms. The Morgan fingerprint density at radius 3 is 2.00 bits per heavy atom. The minimum atomic E-state index is -4.40. The van der Waals surface area contributed by atoms with Gasteiger partial charge >= 0.3 is 6.80 Å². The van der Waals surface area contributed by atoms with Gasteiger partial charge in [-0.1, -0.05) is 12.2 Å². The first kappa shape index (κ1) is 29.9. The minimum absolute atomic E-state index is 0.0579. The summed E-state index contributed by atoms with van der Waals surface area (Å²) >= 11 is 3.99. The predicted molar refractivity (Wildman–Crippen MR) is 151 cm³/mol. The van der Waals surface area contributed by atoms with Crippen molar-refractivity contribution in [1.82, 2.24) is 39.0 Å². The Labute approximate surface area is 251 Å². The number of fused-ring (bicyclic) bond motifs is 5. The lowest BCUT2D eigenvalue weighted by Gasteiger charge is -2.27. The molecular weight excluding hydrogens is 651 g/mol. The lowest BCUT2D eigenvalue weighted by molar-refractivity contribution is -0.0565. The van der Waals surface area contributed by atoms with Crippen LogP contribution in [0.4, 0.5) is 20.4 Å². The zero-order valence-corrected chi connectivity index (χ0v) is 25.1. The summed E-state index contributed by atoms with van der Waals surface area (Å²) in [4.78, 5) is 24.2. The number of ether oxygens (including phenoxy) is 2. The molecule has 0 radical (unpaired) electrons. The third-order valence-electron chi connectivity index (χ3n) is 7.30. The third kappa shape index (κ3) is 5.17. The number of thiol groups is 1. The van der Waals surface area contributed by atoms with Crippen LogP contribution in [-0.2, 0) is 36.7 Å². The first-order valence-corrected chi connectivity index (χ1v) is 17.6. The van der Waals surface area contributed by atoms with Crippen molar-refractivity contribution in [3.8, 4) is 0 Å². The molecule has 18 nitrogen and oxygen atoms in total. The second-order valence-corrected chi connectivity index (χ2v) is 15.0. The second-order valence-electron chi connectivity index (χ2n) is 10.2. The van der Waals surface area contributed by atoms with Crippen molar-refractivity contribution in [1.29, 1.82) is 0 Å². The van der Waals surface area contributed by atoms with E-state index in [0.29, 0.717) is 0 Å². The maximum Gasteiger partial charge on any atom is 0.386 e. The van der Waals surface area contributed by atoms with Crippen LogP contribution in [0.15, 0.2) is 25.3 Å². The van der Waals surface area contributed by atoms with Gasteiger partial charge in [-0.3, -0.25) is 22.7 Å². The Morgan fingerprint density at radius 2 is 1.36 bits per heavy atom. The molecule has 24 heteroatoms. The quantitative estimate of drug-likeness (QED) is 0.152. The van der Waals surface area contributed by atoms with E-state index in [-0.39, 0.29) is 34.0 Å². The van der Waals surface area contributed by atoms with Crippen LogP contribution in [0.25, 0.3) is 22.3 Å². The van der Waals surface area contributed by atoms with Crippen LogP contribution < -0.4 is 11.5 Å². The molecule has 7 heterocycles. The van der Waals surface area contributed by atoms with Gasteiger partial charge in [0.2, 0.25) is 0 Å². The molecule has 10 atom stereocenters.